The van der Waals surface area contributed by atoms with Crippen LogP contribution < -0.4 is 21.5 Å². The Balaban J connectivity index is 2.33. The van der Waals surface area contributed by atoms with Crippen molar-refractivity contribution in [2.45, 2.75) is 38.6 Å². The number of nitrogen functional groups attached to an aromatic ring is 1. The van der Waals surface area contributed by atoms with Gasteiger partial charge < -0.3 is 15.6 Å². The number of aromatic nitrogens is 2. The van der Waals surface area contributed by atoms with Crippen molar-refractivity contribution >= 4 is 17.5 Å². The van der Waals surface area contributed by atoms with E-state index < -0.39 is 0 Å². The number of amides is 1. The van der Waals surface area contributed by atoms with Crippen molar-refractivity contribution in [1.29, 1.82) is 0 Å². The number of hydrazine groups is 1. The molecule has 1 atom stereocenters. The van der Waals surface area contributed by atoms with E-state index in [1.54, 1.807) is 13.1 Å². The zero-order valence-corrected chi connectivity index (χ0v) is 12.0. The van der Waals surface area contributed by atoms with Crippen LogP contribution in [0.3, 0.4) is 0 Å². The fourth-order valence-electron chi connectivity index (χ4n) is 2.51. The lowest BCUT2D eigenvalue weighted by molar-refractivity contribution is -0.122. The van der Waals surface area contributed by atoms with Gasteiger partial charge in [-0.1, -0.05) is 6.92 Å². The van der Waals surface area contributed by atoms with E-state index in [1.165, 1.54) is 0 Å². The van der Waals surface area contributed by atoms with E-state index in [9.17, 15) is 4.79 Å². The van der Waals surface area contributed by atoms with Crippen LogP contribution in [0.25, 0.3) is 0 Å². The topological polar surface area (TPSA) is 96.2 Å². The Kier molecular flexibility index (Phi) is 4.73. The first-order valence-electron chi connectivity index (χ1n) is 7.02. The summed E-state index contributed by atoms with van der Waals surface area (Å²) in [6, 6.07) is 1.62. The first kappa shape index (κ1) is 14.5. The van der Waals surface area contributed by atoms with Gasteiger partial charge in [-0.15, -0.1) is 0 Å². The van der Waals surface area contributed by atoms with Crippen LogP contribution in [0.2, 0.25) is 0 Å². The second-order valence-corrected chi connectivity index (χ2v) is 4.84. The third kappa shape index (κ3) is 2.98. The predicted molar refractivity (Wildman–Crippen MR) is 78.3 cm³/mol. The summed E-state index contributed by atoms with van der Waals surface area (Å²) in [5.41, 5.74) is 2.56. The summed E-state index contributed by atoms with van der Waals surface area (Å²) in [4.78, 5) is 22.9. The van der Waals surface area contributed by atoms with E-state index in [0.29, 0.717) is 5.82 Å². The van der Waals surface area contributed by atoms with Crippen molar-refractivity contribution in [2.24, 2.45) is 5.84 Å². The van der Waals surface area contributed by atoms with Crippen LogP contribution in [0.4, 0.5) is 11.6 Å². The molecule has 1 aromatic heterocycles. The lowest BCUT2D eigenvalue weighted by Crippen LogP contribution is -2.49. The summed E-state index contributed by atoms with van der Waals surface area (Å²) in [6.45, 7) is 2.81. The van der Waals surface area contributed by atoms with Crippen molar-refractivity contribution < 1.29 is 4.79 Å². The summed E-state index contributed by atoms with van der Waals surface area (Å²) in [5.74, 6) is 7.54. The largest absolute Gasteiger partial charge is 0.357 e. The lowest BCUT2D eigenvalue weighted by atomic mass is 10.0. The van der Waals surface area contributed by atoms with Gasteiger partial charge in [0.15, 0.2) is 0 Å². The van der Waals surface area contributed by atoms with Crippen LogP contribution in [0, 0.1) is 0 Å². The molecule has 20 heavy (non-hydrogen) atoms. The number of anilines is 2. The molecular weight excluding hydrogens is 256 g/mol. The van der Waals surface area contributed by atoms with E-state index in [1.807, 2.05) is 11.8 Å². The number of carbonyl (C=O) groups excluding carboxylic acids is 1. The zero-order valence-electron chi connectivity index (χ0n) is 12.0. The first-order chi connectivity index (χ1) is 9.69. The number of rotatable bonds is 4. The molecule has 0 saturated carbocycles. The molecule has 110 valence electrons. The maximum atomic E-state index is 12.0. The van der Waals surface area contributed by atoms with Gasteiger partial charge in [-0.2, -0.15) is 0 Å². The number of piperidine rings is 1. The molecule has 1 aromatic rings. The van der Waals surface area contributed by atoms with E-state index in [2.05, 4.69) is 20.7 Å². The number of hydrogen-bond acceptors (Lipinski definition) is 6. The van der Waals surface area contributed by atoms with Gasteiger partial charge in [0.05, 0.1) is 0 Å². The molecule has 7 nitrogen and oxygen atoms in total. The van der Waals surface area contributed by atoms with E-state index in [0.717, 1.165) is 43.9 Å². The van der Waals surface area contributed by atoms with E-state index >= 15 is 0 Å². The standard InChI is InChI=1S/C13H22N6O/c1-3-10-16-11(18-14)8-12(17-10)19-7-5-4-6-9(19)13(20)15-2/h8-9H,3-7,14H2,1-2H3,(H,15,20)(H,16,17,18). The van der Waals surface area contributed by atoms with Crippen molar-refractivity contribution in [3.8, 4) is 0 Å². The predicted octanol–water partition coefficient (Wildman–Crippen LogP) is 0.430. The highest BCUT2D eigenvalue weighted by molar-refractivity contribution is 5.85. The average Bonchev–Trinajstić information content (AvgIpc) is 2.53. The first-order valence-corrected chi connectivity index (χ1v) is 7.02. The maximum absolute atomic E-state index is 12.0. The number of aryl methyl sites for hydroxylation is 1. The molecule has 1 aliphatic rings. The van der Waals surface area contributed by atoms with Crippen molar-refractivity contribution in [2.75, 3.05) is 23.9 Å². The van der Waals surface area contributed by atoms with Crippen LogP contribution in [0.15, 0.2) is 6.07 Å². The molecule has 1 saturated heterocycles. The maximum Gasteiger partial charge on any atom is 0.242 e. The minimum atomic E-state index is -0.168. The summed E-state index contributed by atoms with van der Waals surface area (Å²) in [5, 5.41) is 2.73. The normalized spacial score (nSPS) is 18.8. The molecule has 1 aliphatic heterocycles. The Morgan fingerprint density at radius 1 is 1.50 bits per heavy atom. The molecule has 0 radical (unpaired) electrons. The monoisotopic (exact) mass is 278 g/mol. The molecule has 1 unspecified atom stereocenters. The summed E-state index contributed by atoms with van der Waals surface area (Å²) < 4.78 is 0. The number of hydrogen-bond donors (Lipinski definition) is 3. The number of nitrogens with zero attached hydrogens (tertiary/aromatic N) is 3. The Morgan fingerprint density at radius 3 is 2.95 bits per heavy atom. The minimum absolute atomic E-state index is 0.0311. The van der Waals surface area contributed by atoms with Crippen molar-refractivity contribution in [3.63, 3.8) is 0 Å². The molecule has 0 spiro atoms. The Hall–Kier alpha value is -1.89. The van der Waals surface area contributed by atoms with Gasteiger partial charge in [0.1, 0.15) is 23.5 Å². The third-order valence-corrected chi connectivity index (χ3v) is 3.57. The number of likely N-dealkylation sites (N-methyl/N-ethyl adjacent to an activating group) is 1. The number of nitrogens with two attached hydrogens (primary N) is 1. The second kappa shape index (κ2) is 6.51. The minimum Gasteiger partial charge on any atom is -0.357 e. The molecule has 0 aliphatic carbocycles. The van der Waals surface area contributed by atoms with Gasteiger partial charge in [-0.25, -0.2) is 15.8 Å². The van der Waals surface area contributed by atoms with Gasteiger partial charge >= 0.3 is 0 Å². The van der Waals surface area contributed by atoms with Crippen LogP contribution in [-0.4, -0.2) is 35.5 Å². The quantitative estimate of drug-likeness (QED) is 0.546. The highest BCUT2D eigenvalue weighted by atomic mass is 16.2. The van der Waals surface area contributed by atoms with Crippen LogP contribution in [0.5, 0.6) is 0 Å². The fraction of sp³-hybridized carbons (Fsp3) is 0.615. The van der Waals surface area contributed by atoms with Gasteiger partial charge in [-0.05, 0) is 19.3 Å². The Labute approximate surface area is 118 Å². The number of nitrogens with one attached hydrogen (secondary N) is 2. The van der Waals surface area contributed by atoms with Gasteiger partial charge in [0.25, 0.3) is 0 Å². The molecule has 7 heteroatoms. The van der Waals surface area contributed by atoms with Crippen LogP contribution >= 0.6 is 0 Å². The smallest absolute Gasteiger partial charge is 0.242 e. The fourth-order valence-corrected chi connectivity index (χ4v) is 2.51. The molecule has 2 rings (SSSR count). The lowest BCUT2D eigenvalue weighted by Gasteiger charge is -2.35. The van der Waals surface area contributed by atoms with Gasteiger partial charge in [0, 0.05) is 26.1 Å². The Bertz CT molecular complexity index is 456. The van der Waals surface area contributed by atoms with Crippen molar-refractivity contribution in [1.82, 2.24) is 15.3 Å². The molecule has 0 aromatic carbocycles. The summed E-state index contributed by atoms with van der Waals surface area (Å²) in [7, 11) is 1.67. The summed E-state index contributed by atoms with van der Waals surface area (Å²) in [6.07, 6.45) is 3.68. The molecular formula is C13H22N6O. The SMILES string of the molecule is CCc1nc(NN)cc(N2CCCCC2C(=O)NC)n1. The van der Waals surface area contributed by atoms with E-state index in [-0.39, 0.29) is 11.9 Å². The zero-order chi connectivity index (χ0) is 14.5. The highest BCUT2D eigenvalue weighted by Crippen LogP contribution is 2.25. The van der Waals surface area contributed by atoms with Crippen LogP contribution in [0.1, 0.15) is 32.0 Å². The molecule has 1 fully saturated rings. The molecule has 0 bridgehead atoms. The molecule has 1 amide bonds. The summed E-state index contributed by atoms with van der Waals surface area (Å²) >= 11 is 0. The van der Waals surface area contributed by atoms with E-state index in [4.69, 9.17) is 5.84 Å². The van der Waals surface area contributed by atoms with Gasteiger partial charge in [-0.3, -0.25) is 4.79 Å². The third-order valence-electron chi connectivity index (χ3n) is 3.57. The second-order valence-electron chi connectivity index (χ2n) is 4.84. The highest BCUT2D eigenvalue weighted by Gasteiger charge is 2.29. The molecule has 4 N–H and O–H groups in total. The molecule has 2 heterocycles. The van der Waals surface area contributed by atoms with Gasteiger partial charge in [0.2, 0.25) is 5.91 Å². The van der Waals surface area contributed by atoms with Crippen LogP contribution in [-0.2, 0) is 11.2 Å². The Morgan fingerprint density at radius 2 is 2.30 bits per heavy atom. The van der Waals surface area contributed by atoms with Crippen molar-refractivity contribution in [3.05, 3.63) is 11.9 Å². The number of carbonyl (C=O) groups is 1. The average molecular weight is 278 g/mol.